The van der Waals surface area contributed by atoms with Gasteiger partial charge in [0.2, 0.25) is 0 Å². The molecule has 0 aromatic carbocycles. The summed E-state index contributed by atoms with van der Waals surface area (Å²) in [6, 6.07) is 0. The maximum atomic E-state index is 11.4. The normalized spacial score (nSPS) is 15.2. The molecule has 94 valence electrons. The molecule has 0 atom stereocenters. The van der Waals surface area contributed by atoms with Crippen molar-refractivity contribution in [1.29, 1.82) is 0 Å². The van der Waals surface area contributed by atoms with Crippen molar-refractivity contribution >= 4 is 27.5 Å². The van der Waals surface area contributed by atoms with Gasteiger partial charge in [0.1, 0.15) is 10.7 Å². The summed E-state index contributed by atoms with van der Waals surface area (Å²) in [4.78, 5) is 20.9. The smallest absolute Gasteiger partial charge is 0.355 e. The molecule has 2 heterocycles. The Hall–Kier alpha value is -1.49. The van der Waals surface area contributed by atoms with Crippen molar-refractivity contribution in [2.24, 2.45) is 0 Å². The molecule has 1 N–H and O–H groups in total. The van der Waals surface area contributed by atoms with Crippen LogP contribution >= 0.6 is 11.3 Å². The Labute approximate surface area is 109 Å². The third-order valence-electron chi connectivity index (χ3n) is 3.20. The van der Waals surface area contributed by atoms with Crippen molar-refractivity contribution in [2.75, 3.05) is 0 Å². The van der Waals surface area contributed by atoms with Crippen LogP contribution in [0.25, 0.3) is 10.2 Å². The van der Waals surface area contributed by atoms with E-state index in [-0.39, 0.29) is 5.69 Å². The maximum Gasteiger partial charge on any atom is 0.355 e. The van der Waals surface area contributed by atoms with Gasteiger partial charge in [0.25, 0.3) is 0 Å². The number of carboxylic acids is 1. The molecule has 0 spiro atoms. The van der Waals surface area contributed by atoms with Crippen LogP contribution in [0.4, 0.5) is 0 Å². The van der Waals surface area contributed by atoms with Gasteiger partial charge in [-0.1, -0.05) is 6.92 Å². The Bertz CT molecular complexity index is 617. The maximum absolute atomic E-state index is 11.4. The van der Waals surface area contributed by atoms with E-state index in [9.17, 15) is 9.90 Å². The quantitative estimate of drug-likeness (QED) is 0.918. The van der Waals surface area contributed by atoms with Crippen LogP contribution < -0.4 is 0 Å². The van der Waals surface area contributed by atoms with E-state index in [0.717, 1.165) is 41.5 Å². The Morgan fingerprint density at radius 2 is 2.28 bits per heavy atom. The number of thiophene rings is 1. The van der Waals surface area contributed by atoms with Gasteiger partial charge in [-0.15, -0.1) is 11.3 Å². The number of rotatable bonds is 4. The lowest BCUT2D eigenvalue weighted by Gasteiger charge is -2.03. The Morgan fingerprint density at radius 1 is 1.50 bits per heavy atom. The van der Waals surface area contributed by atoms with Crippen LogP contribution in [0.2, 0.25) is 0 Å². The highest BCUT2D eigenvalue weighted by molar-refractivity contribution is 7.17. The van der Waals surface area contributed by atoms with E-state index >= 15 is 0 Å². The highest BCUT2D eigenvalue weighted by Gasteiger charge is 2.29. The molecule has 1 saturated carbocycles. The second-order valence-corrected chi connectivity index (χ2v) is 5.55. The van der Waals surface area contributed by atoms with Gasteiger partial charge in [-0.3, -0.25) is 0 Å². The van der Waals surface area contributed by atoms with Crippen LogP contribution in [-0.2, 0) is 6.42 Å². The van der Waals surface area contributed by atoms with Crippen molar-refractivity contribution in [3.05, 3.63) is 22.5 Å². The molecular formula is C13H14N2O2S. The molecule has 2 aromatic heterocycles. The molecular weight excluding hydrogens is 248 g/mol. The summed E-state index contributed by atoms with van der Waals surface area (Å²) < 4.78 is 0. The first-order valence-electron chi connectivity index (χ1n) is 6.22. The predicted octanol–water partition coefficient (Wildman–Crippen LogP) is 3.22. The first-order chi connectivity index (χ1) is 8.70. The summed E-state index contributed by atoms with van der Waals surface area (Å²) in [6.45, 7) is 2.04. The summed E-state index contributed by atoms with van der Waals surface area (Å²) in [5.41, 5.74) is 1.32. The average molecular weight is 262 g/mol. The molecule has 0 amide bonds. The predicted molar refractivity (Wildman–Crippen MR) is 70.3 cm³/mol. The highest BCUT2D eigenvalue weighted by Crippen LogP contribution is 2.45. The largest absolute Gasteiger partial charge is 0.476 e. The van der Waals surface area contributed by atoms with Crippen molar-refractivity contribution < 1.29 is 9.90 Å². The minimum absolute atomic E-state index is 0.187. The van der Waals surface area contributed by atoms with Crippen LogP contribution in [0.5, 0.6) is 0 Å². The number of hydrogen-bond acceptors (Lipinski definition) is 4. The number of aryl methyl sites for hydroxylation is 1. The fourth-order valence-corrected chi connectivity index (χ4v) is 3.23. The van der Waals surface area contributed by atoms with Crippen molar-refractivity contribution in [3.63, 3.8) is 0 Å². The van der Waals surface area contributed by atoms with E-state index in [0.29, 0.717) is 11.7 Å². The average Bonchev–Trinajstić information content (AvgIpc) is 3.09. The number of carboxylic acid groups (broad SMARTS) is 1. The Kier molecular flexibility index (Phi) is 2.78. The second-order valence-electron chi connectivity index (χ2n) is 4.69. The minimum atomic E-state index is -0.944. The SMILES string of the molecule is CCCc1nc(C(=O)O)c2c(C3CC3)csc2n1. The lowest BCUT2D eigenvalue weighted by atomic mass is 10.1. The van der Waals surface area contributed by atoms with Crippen molar-refractivity contribution in [3.8, 4) is 0 Å². The zero-order valence-corrected chi connectivity index (χ0v) is 11.0. The summed E-state index contributed by atoms with van der Waals surface area (Å²) in [6.07, 6.45) is 3.96. The molecule has 1 aliphatic carbocycles. The fourth-order valence-electron chi connectivity index (χ4n) is 2.19. The zero-order valence-electron chi connectivity index (χ0n) is 10.1. The van der Waals surface area contributed by atoms with Gasteiger partial charge in [0.05, 0.1) is 0 Å². The monoisotopic (exact) mass is 262 g/mol. The summed E-state index contributed by atoms with van der Waals surface area (Å²) in [5, 5.41) is 12.2. The lowest BCUT2D eigenvalue weighted by molar-refractivity contribution is 0.0692. The zero-order chi connectivity index (χ0) is 12.7. The van der Waals surface area contributed by atoms with E-state index in [1.54, 1.807) is 0 Å². The van der Waals surface area contributed by atoms with Crippen LogP contribution in [0.1, 0.15) is 54.0 Å². The second kappa shape index (κ2) is 4.31. The third kappa shape index (κ3) is 1.88. The number of aromatic nitrogens is 2. The molecule has 0 unspecified atom stereocenters. The number of nitrogens with zero attached hydrogens (tertiary/aromatic N) is 2. The number of aromatic carboxylic acids is 1. The molecule has 1 fully saturated rings. The molecule has 0 bridgehead atoms. The van der Waals surface area contributed by atoms with Crippen molar-refractivity contribution in [1.82, 2.24) is 9.97 Å². The van der Waals surface area contributed by atoms with Crippen LogP contribution in [0.15, 0.2) is 5.38 Å². The van der Waals surface area contributed by atoms with E-state index in [4.69, 9.17) is 0 Å². The first kappa shape index (κ1) is 11.6. The van der Waals surface area contributed by atoms with Crippen LogP contribution in [0, 0.1) is 0 Å². The van der Waals surface area contributed by atoms with E-state index < -0.39 is 5.97 Å². The number of hydrogen-bond donors (Lipinski definition) is 1. The third-order valence-corrected chi connectivity index (χ3v) is 4.09. The molecule has 1 aliphatic rings. The molecule has 4 nitrogen and oxygen atoms in total. The van der Waals surface area contributed by atoms with Crippen LogP contribution in [0.3, 0.4) is 0 Å². The number of fused-ring (bicyclic) bond motifs is 1. The van der Waals surface area contributed by atoms with E-state index in [1.165, 1.54) is 11.3 Å². The molecule has 0 aliphatic heterocycles. The standard InChI is InChI=1S/C13H14N2O2S/c1-2-3-9-14-11(13(16)17)10-8(7-4-5-7)6-18-12(10)15-9/h6-7H,2-5H2,1H3,(H,16,17). The van der Waals surface area contributed by atoms with Gasteiger partial charge in [-0.25, -0.2) is 14.8 Å². The summed E-state index contributed by atoms with van der Waals surface area (Å²) >= 11 is 1.54. The van der Waals surface area contributed by atoms with Gasteiger partial charge in [0.15, 0.2) is 5.69 Å². The van der Waals surface area contributed by atoms with Gasteiger partial charge < -0.3 is 5.11 Å². The van der Waals surface area contributed by atoms with Gasteiger partial charge in [-0.05, 0) is 36.1 Å². The molecule has 3 rings (SSSR count). The van der Waals surface area contributed by atoms with Gasteiger partial charge in [-0.2, -0.15) is 0 Å². The van der Waals surface area contributed by atoms with E-state index in [2.05, 4.69) is 15.3 Å². The Morgan fingerprint density at radius 3 is 2.89 bits per heavy atom. The molecule has 0 saturated heterocycles. The fraction of sp³-hybridized carbons (Fsp3) is 0.462. The van der Waals surface area contributed by atoms with Gasteiger partial charge >= 0.3 is 5.97 Å². The first-order valence-corrected chi connectivity index (χ1v) is 7.10. The number of carbonyl (C=O) groups is 1. The topological polar surface area (TPSA) is 63.1 Å². The van der Waals surface area contributed by atoms with Crippen molar-refractivity contribution in [2.45, 2.75) is 38.5 Å². The summed E-state index contributed by atoms with van der Waals surface area (Å²) in [5.74, 6) is 0.226. The van der Waals surface area contributed by atoms with Gasteiger partial charge in [0, 0.05) is 11.8 Å². The molecule has 18 heavy (non-hydrogen) atoms. The molecule has 2 aromatic rings. The Balaban J connectivity index is 2.22. The van der Waals surface area contributed by atoms with Crippen LogP contribution in [-0.4, -0.2) is 21.0 Å². The minimum Gasteiger partial charge on any atom is -0.476 e. The lowest BCUT2D eigenvalue weighted by Crippen LogP contribution is -2.06. The molecule has 0 radical (unpaired) electrons. The summed E-state index contributed by atoms with van der Waals surface area (Å²) in [7, 11) is 0. The highest BCUT2D eigenvalue weighted by atomic mass is 32.1. The van der Waals surface area contributed by atoms with E-state index in [1.807, 2.05) is 6.92 Å². The molecule has 5 heteroatoms.